The lowest BCUT2D eigenvalue weighted by molar-refractivity contribution is -0.120. The van der Waals surface area contributed by atoms with E-state index in [1.807, 2.05) is 12.1 Å². The Kier molecular flexibility index (Phi) is 5.10. The highest BCUT2D eigenvalue weighted by Gasteiger charge is 2.40. The lowest BCUT2D eigenvalue weighted by Crippen LogP contribution is -2.41. The molecule has 0 fully saturated rings. The van der Waals surface area contributed by atoms with Crippen molar-refractivity contribution in [2.45, 2.75) is 31.6 Å². The molecule has 4 nitrogen and oxygen atoms in total. The van der Waals surface area contributed by atoms with Crippen LogP contribution in [0.2, 0.25) is 10.0 Å². The second kappa shape index (κ2) is 7.38. The van der Waals surface area contributed by atoms with Crippen LogP contribution in [0.3, 0.4) is 0 Å². The molecule has 2 aromatic rings. The van der Waals surface area contributed by atoms with Crippen LogP contribution < -0.4 is 4.90 Å². The van der Waals surface area contributed by atoms with Crippen molar-refractivity contribution < 1.29 is 9.59 Å². The average Bonchev–Trinajstić information content (AvgIpc) is 2.62. The normalized spacial score (nSPS) is 20.1. The third kappa shape index (κ3) is 3.44. The predicted molar refractivity (Wildman–Crippen MR) is 109 cm³/mol. The van der Waals surface area contributed by atoms with Gasteiger partial charge in [0.15, 0.2) is 5.78 Å². The highest BCUT2D eigenvalue weighted by molar-refractivity contribution is 9.10. The SMILES string of the molecule is O=C1CCCC2=C1C(c1ccc(Cl)cc1Cl)CC(=O)N2c1ccc(Br)cn1. The summed E-state index contributed by atoms with van der Waals surface area (Å²) in [6, 6.07) is 8.81. The van der Waals surface area contributed by atoms with E-state index in [1.54, 1.807) is 29.3 Å². The summed E-state index contributed by atoms with van der Waals surface area (Å²) in [7, 11) is 0. The van der Waals surface area contributed by atoms with E-state index >= 15 is 0 Å². The number of ketones is 1. The molecule has 1 aromatic carbocycles. The molecule has 1 aliphatic carbocycles. The Morgan fingerprint density at radius 1 is 1.11 bits per heavy atom. The molecule has 1 atom stereocenters. The second-order valence-electron chi connectivity index (χ2n) is 6.62. The van der Waals surface area contributed by atoms with Crippen LogP contribution in [0.4, 0.5) is 5.82 Å². The molecule has 0 radical (unpaired) electrons. The molecule has 138 valence electrons. The number of pyridine rings is 1. The minimum absolute atomic E-state index is 0.0712. The van der Waals surface area contributed by atoms with Crippen LogP contribution in [0, 0.1) is 0 Å². The molecular weight excluding hydrogens is 451 g/mol. The Labute approximate surface area is 175 Å². The number of carbonyl (C=O) groups is 2. The Balaban J connectivity index is 1.87. The van der Waals surface area contributed by atoms with Gasteiger partial charge in [0.1, 0.15) is 5.82 Å². The topological polar surface area (TPSA) is 50.3 Å². The van der Waals surface area contributed by atoms with Gasteiger partial charge in [0.05, 0.1) is 0 Å². The van der Waals surface area contributed by atoms with E-state index in [1.165, 1.54) is 0 Å². The number of carbonyl (C=O) groups excluding carboxylic acids is 2. The van der Waals surface area contributed by atoms with E-state index in [-0.39, 0.29) is 24.0 Å². The summed E-state index contributed by atoms with van der Waals surface area (Å²) >= 11 is 15.8. The van der Waals surface area contributed by atoms with Crippen LogP contribution in [0.25, 0.3) is 0 Å². The molecule has 2 heterocycles. The fourth-order valence-corrected chi connectivity index (χ4v) is 4.58. The number of allylic oxidation sites excluding steroid dienone is 2. The summed E-state index contributed by atoms with van der Waals surface area (Å²) in [5.41, 5.74) is 2.18. The third-order valence-corrected chi connectivity index (χ3v) is 5.99. The summed E-state index contributed by atoms with van der Waals surface area (Å²) in [6.45, 7) is 0. The van der Waals surface area contributed by atoms with E-state index in [9.17, 15) is 9.59 Å². The molecule has 0 saturated carbocycles. The van der Waals surface area contributed by atoms with Crippen molar-refractivity contribution in [1.29, 1.82) is 0 Å². The van der Waals surface area contributed by atoms with Gasteiger partial charge in [0.2, 0.25) is 5.91 Å². The Morgan fingerprint density at radius 2 is 1.93 bits per heavy atom. The first-order chi connectivity index (χ1) is 13.0. The van der Waals surface area contributed by atoms with Gasteiger partial charge in [-0.3, -0.25) is 14.5 Å². The summed E-state index contributed by atoms with van der Waals surface area (Å²) in [4.78, 5) is 31.9. The van der Waals surface area contributed by atoms with Crippen molar-refractivity contribution in [2.75, 3.05) is 4.90 Å². The van der Waals surface area contributed by atoms with Gasteiger partial charge in [0, 0.05) is 50.7 Å². The molecule has 27 heavy (non-hydrogen) atoms. The zero-order chi connectivity index (χ0) is 19.1. The lowest BCUT2D eigenvalue weighted by atomic mass is 9.77. The van der Waals surface area contributed by atoms with Crippen LogP contribution >= 0.6 is 39.1 Å². The van der Waals surface area contributed by atoms with Gasteiger partial charge >= 0.3 is 0 Å². The Bertz CT molecular complexity index is 972. The van der Waals surface area contributed by atoms with Crippen LogP contribution in [0.15, 0.2) is 52.3 Å². The summed E-state index contributed by atoms with van der Waals surface area (Å²) < 4.78 is 0.829. The minimum Gasteiger partial charge on any atom is -0.294 e. The van der Waals surface area contributed by atoms with E-state index in [0.29, 0.717) is 34.3 Å². The molecular formula is C20H15BrCl2N2O2. The lowest BCUT2D eigenvalue weighted by Gasteiger charge is -2.38. The largest absolute Gasteiger partial charge is 0.294 e. The highest BCUT2D eigenvalue weighted by atomic mass is 79.9. The van der Waals surface area contributed by atoms with E-state index in [2.05, 4.69) is 20.9 Å². The van der Waals surface area contributed by atoms with Crippen molar-refractivity contribution in [1.82, 2.24) is 4.98 Å². The minimum atomic E-state index is -0.350. The Morgan fingerprint density at radius 3 is 2.63 bits per heavy atom. The van der Waals surface area contributed by atoms with Gasteiger partial charge in [-0.2, -0.15) is 0 Å². The molecule has 0 spiro atoms. The fraction of sp³-hybridized carbons (Fsp3) is 0.250. The number of nitrogens with zero attached hydrogens (tertiary/aromatic N) is 2. The molecule has 1 amide bonds. The molecule has 1 aromatic heterocycles. The second-order valence-corrected chi connectivity index (χ2v) is 8.38. The molecule has 0 bridgehead atoms. The van der Waals surface area contributed by atoms with Crippen molar-refractivity contribution in [3.63, 3.8) is 0 Å². The maximum atomic E-state index is 13.1. The van der Waals surface area contributed by atoms with Crippen LogP contribution in [0.5, 0.6) is 0 Å². The molecule has 1 unspecified atom stereocenters. The number of benzene rings is 1. The first-order valence-corrected chi connectivity index (χ1v) is 10.2. The number of anilines is 1. The first kappa shape index (κ1) is 18.7. The fourth-order valence-electron chi connectivity index (χ4n) is 3.81. The molecule has 0 N–H and O–H groups in total. The molecule has 2 aliphatic rings. The van der Waals surface area contributed by atoms with E-state index in [0.717, 1.165) is 22.2 Å². The van der Waals surface area contributed by atoms with Crippen LogP contribution in [-0.4, -0.2) is 16.7 Å². The third-order valence-electron chi connectivity index (χ3n) is 4.95. The van der Waals surface area contributed by atoms with Gasteiger partial charge in [-0.1, -0.05) is 29.3 Å². The van der Waals surface area contributed by atoms with Crippen molar-refractivity contribution in [3.05, 3.63) is 67.9 Å². The van der Waals surface area contributed by atoms with E-state index < -0.39 is 0 Å². The number of aromatic nitrogens is 1. The molecule has 1 aliphatic heterocycles. The predicted octanol–water partition coefficient (Wildman–Crippen LogP) is 5.68. The highest BCUT2D eigenvalue weighted by Crippen LogP contribution is 2.45. The van der Waals surface area contributed by atoms with Crippen LogP contribution in [0.1, 0.15) is 37.2 Å². The number of Topliss-reactive ketones (excluding diaryl/α,β-unsaturated/α-hetero) is 1. The van der Waals surface area contributed by atoms with Crippen LogP contribution in [-0.2, 0) is 9.59 Å². The zero-order valence-corrected chi connectivity index (χ0v) is 17.3. The van der Waals surface area contributed by atoms with Gasteiger partial charge in [-0.15, -0.1) is 0 Å². The van der Waals surface area contributed by atoms with Crippen molar-refractivity contribution >= 4 is 56.6 Å². The van der Waals surface area contributed by atoms with Gasteiger partial charge in [-0.25, -0.2) is 4.98 Å². The smallest absolute Gasteiger partial charge is 0.233 e. The monoisotopic (exact) mass is 464 g/mol. The van der Waals surface area contributed by atoms with Gasteiger partial charge in [0.25, 0.3) is 0 Å². The molecule has 0 saturated heterocycles. The average molecular weight is 466 g/mol. The Hall–Kier alpha value is -1.69. The quantitative estimate of drug-likeness (QED) is 0.573. The number of amides is 1. The summed E-state index contributed by atoms with van der Waals surface area (Å²) in [5.74, 6) is 0.166. The molecule has 4 rings (SSSR count). The number of hydrogen-bond donors (Lipinski definition) is 0. The maximum absolute atomic E-state index is 13.1. The summed E-state index contributed by atoms with van der Waals surface area (Å²) in [5, 5.41) is 0.997. The number of halogens is 3. The first-order valence-electron chi connectivity index (χ1n) is 8.61. The van der Waals surface area contributed by atoms with E-state index in [4.69, 9.17) is 23.2 Å². The zero-order valence-electron chi connectivity index (χ0n) is 14.2. The van der Waals surface area contributed by atoms with Gasteiger partial charge < -0.3 is 0 Å². The van der Waals surface area contributed by atoms with Gasteiger partial charge in [-0.05, 0) is 58.6 Å². The van der Waals surface area contributed by atoms with Crippen molar-refractivity contribution in [2.24, 2.45) is 0 Å². The maximum Gasteiger partial charge on any atom is 0.233 e. The summed E-state index contributed by atoms with van der Waals surface area (Å²) in [6.07, 6.45) is 3.68. The molecule has 7 heteroatoms. The van der Waals surface area contributed by atoms with Crippen molar-refractivity contribution in [3.8, 4) is 0 Å². The standard InChI is InChI=1S/C20H15BrCl2N2O2/c21-11-4-7-18(24-10-11)25-16-2-1-3-17(26)20(16)14(9-19(25)27)13-6-5-12(22)8-15(13)23/h4-8,10,14H,1-3,9H2. The number of rotatable bonds is 2. The number of hydrogen-bond acceptors (Lipinski definition) is 3.